The molecule has 3 nitrogen and oxygen atoms in total. The van der Waals surface area contributed by atoms with E-state index in [1.165, 1.54) is 35.5 Å². The molecule has 1 aromatic carbocycles. The number of anilines is 1. The van der Waals surface area contributed by atoms with Crippen LogP contribution in [0, 0.1) is 0 Å². The molecule has 19 heavy (non-hydrogen) atoms. The summed E-state index contributed by atoms with van der Waals surface area (Å²) in [5.41, 5.74) is 4.02. The summed E-state index contributed by atoms with van der Waals surface area (Å²) in [5, 5.41) is 8.35. The van der Waals surface area contributed by atoms with Gasteiger partial charge in [-0.1, -0.05) is 30.3 Å². The van der Waals surface area contributed by atoms with Crippen molar-refractivity contribution in [3.8, 4) is 0 Å². The predicted molar refractivity (Wildman–Crippen MR) is 78.6 cm³/mol. The monoisotopic (exact) mass is 255 g/mol. The molecule has 0 bridgehead atoms. The molecule has 0 fully saturated rings. The van der Waals surface area contributed by atoms with Crippen molar-refractivity contribution in [2.45, 2.75) is 39.2 Å². The molecule has 0 radical (unpaired) electrons. The van der Waals surface area contributed by atoms with E-state index < -0.39 is 0 Å². The lowest BCUT2D eigenvalue weighted by Crippen LogP contribution is -2.07. The van der Waals surface area contributed by atoms with Gasteiger partial charge < -0.3 is 5.32 Å². The van der Waals surface area contributed by atoms with Gasteiger partial charge in [0.2, 0.25) is 0 Å². The van der Waals surface area contributed by atoms with E-state index in [-0.39, 0.29) is 0 Å². The molecule has 2 heterocycles. The number of benzene rings is 1. The lowest BCUT2D eigenvalue weighted by Gasteiger charge is -2.06. The summed E-state index contributed by atoms with van der Waals surface area (Å²) in [5.74, 6) is 1.26. The largest absolute Gasteiger partial charge is 0.370 e. The van der Waals surface area contributed by atoms with Gasteiger partial charge in [0.1, 0.15) is 5.82 Å². The highest BCUT2D eigenvalue weighted by Crippen LogP contribution is 2.26. The fourth-order valence-corrected chi connectivity index (χ4v) is 2.80. The maximum atomic E-state index is 4.80. The van der Waals surface area contributed by atoms with Crippen LogP contribution in [-0.2, 0) is 19.4 Å². The summed E-state index contributed by atoms with van der Waals surface area (Å²) in [4.78, 5) is 0. The molecule has 3 heteroatoms. The van der Waals surface area contributed by atoms with Crippen LogP contribution in [0.4, 0.5) is 5.82 Å². The van der Waals surface area contributed by atoms with Crippen LogP contribution >= 0.6 is 0 Å². The molecule has 0 saturated heterocycles. The van der Waals surface area contributed by atoms with Crippen molar-refractivity contribution in [2.75, 3.05) is 11.9 Å². The van der Waals surface area contributed by atoms with Crippen LogP contribution in [0.2, 0.25) is 0 Å². The second-order valence-electron chi connectivity index (χ2n) is 5.14. The van der Waals surface area contributed by atoms with Crippen LogP contribution in [0.15, 0.2) is 30.3 Å². The van der Waals surface area contributed by atoms with Crippen LogP contribution in [0.3, 0.4) is 0 Å². The van der Waals surface area contributed by atoms with Gasteiger partial charge in [-0.3, -0.25) is 0 Å². The second-order valence-corrected chi connectivity index (χ2v) is 5.14. The van der Waals surface area contributed by atoms with Crippen LogP contribution in [0.25, 0.3) is 0 Å². The van der Waals surface area contributed by atoms with Gasteiger partial charge in [0, 0.05) is 25.1 Å². The molecule has 1 N–H and O–H groups in total. The molecule has 3 rings (SSSR count). The van der Waals surface area contributed by atoms with Gasteiger partial charge in [0.25, 0.3) is 0 Å². The van der Waals surface area contributed by atoms with Gasteiger partial charge in [-0.2, -0.15) is 5.10 Å². The molecule has 100 valence electrons. The van der Waals surface area contributed by atoms with Crippen molar-refractivity contribution in [3.63, 3.8) is 0 Å². The molecule has 1 aromatic heterocycles. The van der Waals surface area contributed by atoms with Crippen molar-refractivity contribution in [2.24, 2.45) is 0 Å². The van der Waals surface area contributed by atoms with E-state index in [4.69, 9.17) is 5.10 Å². The Labute approximate surface area is 114 Å². The van der Waals surface area contributed by atoms with Gasteiger partial charge in [-0.15, -0.1) is 0 Å². The first-order valence-corrected chi connectivity index (χ1v) is 7.25. The Kier molecular flexibility index (Phi) is 3.53. The number of nitrogens with one attached hydrogen (secondary N) is 1. The predicted octanol–water partition coefficient (Wildman–Crippen LogP) is 3.24. The third-order valence-corrected chi connectivity index (χ3v) is 3.79. The minimum Gasteiger partial charge on any atom is -0.370 e. The number of hydrogen-bond donors (Lipinski definition) is 1. The van der Waals surface area contributed by atoms with Gasteiger partial charge >= 0.3 is 0 Å². The Morgan fingerprint density at radius 2 is 2.05 bits per heavy atom. The first kappa shape index (κ1) is 12.3. The molecule has 2 aromatic rings. The lowest BCUT2D eigenvalue weighted by atomic mass is 10.0. The highest BCUT2D eigenvalue weighted by Gasteiger charge is 2.18. The van der Waals surface area contributed by atoms with E-state index >= 15 is 0 Å². The van der Waals surface area contributed by atoms with Gasteiger partial charge in [0.15, 0.2) is 0 Å². The Hall–Kier alpha value is -1.77. The topological polar surface area (TPSA) is 29.9 Å². The van der Waals surface area contributed by atoms with Crippen LogP contribution in [0.1, 0.15) is 36.6 Å². The SMILES string of the molecule is CCn1nc(Cc2ccccc2)c2c1NCCCC2. The number of rotatable bonds is 3. The molecule has 0 atom stereocenters. The molecular weight excluding hydrogens is 234 g/mol. The number of hydrogen-bond acceptors (Lipinski definition) is 2. The highest BCUT2D eigenvalue weighted by atomic mass is 15.3. The average Bonchev–Trinajstić information content (AvgIpc) is 2.64. The molecular formula is C16H21N3. The van der Waals surface area contributed by atoms with Crippen LogP contribution in [-0.4, -0.2) is 16.3 Å². The summed E-state index contributed by atoms with van der Waals surface area (Å²) in [6.45, 7) is 4.17. The van der Waals surface area contributed by atoms with Crippen molar-refractivity contribution in [1.82, 2.24) is 9.78 Å². The van der Waals surface area contributed by atoms with Crippen LogP contribution in [0.5, 0.6) is 0 Å². The van der Waals surface area contributed by atoms with E-state index in [1.54, 1.807) is 0 Å². The summed E-state index contributed by atoms with van der Waals surface area (Å²) < 4.78 is 2.12. The van der Waals surface area contributed by atoms with E-state index in [0.29, 0.717) is 0 Å². The number of fused-ring (bicyclic) bond motifs is 1. The zero-order valence-corrected chi connectivity index (χ0v) is 11.5. The summed E-state index contributed by atoms with van der Waals surface area (Å²) in [6, 6.07) is 10.6. The Morgan fingerprint density at radius 3 is 2.84 bits per heavy atom. The zero-order chi connectivity index (χ0) is 13.1. The Balaban J connectivity index is 1.95. The minimum absolute atomic E-state index is 0.935. The normalized spacial score (nSPS) is 14.6. The fourth-order valence-electron chi connectivity index (χ4n) is 2.80. The molecule has 0 aliphatic carbocycles. The van der Waals surface area contributed by atoms with Crippen molar-refractivity contribution in [3.05, 3.63) is 47.2 Å². The van der Waals surface area contributed by atoms with Gasteiger partial charge in [-0.25, -0.2) is 4.68 Å². The first-order chi connectivity index (χ1) is 9.38. The maximum Gasteiger partial charge on any atom is 0.127 e. The van der Waals surface area contributed by atoms with Crippen molar-refractivity contribution in [1.29, 1.82) is 0 Å². The Bertz CT molecular complexity index is 543. The molecule has 0 unspecified atom stereocenters. The van der Waals surface area contributed by atoms with E-state index in [2.05, 4.69) is 47.3 Å². The lowest BCUT2D eigenvalue weighted by molar-refractivity contribution is 0.652. The summed E-state index contributed by atoms with van der Waals surface area (Å²) >= 11 is 0. The molecule has 1 aliphatic heterocycles. The third kappa shape index (κ3) is 2.50. The zero-order valence-electron chi connectivity index (χ0n) is 11.5. The van der Waals surface area contributed by atoms with Crippen LogP contribution < -0.4 is 5.32 Å². The summed E-state index contributed by atoms with van der Waals surface area (Å²) in [7, 11) is 0. The van der Waals surface area contributed by atoms with Gasteiger partial charge in [-0.05, 0) is 31.7 Å². The quantitative estimate of drug-likeness (QED) is 0.912. The maximum absolute atomic E-state index is 4.80. The van der Waals surface area contributed by atoms with Gasteiger partial charge in [0.05, 0.1) is 5.69 Å². The smallest absolute Gasteiger partial charge is 0.127 e. The first-order valence-electron chi connectivity index (χ1n) is 7.25. The number of nitrogens with zero attached hydrogens (tertiary/aromatic N) is 2. The number of aromatic nitrogens is 2. The summed E-state index contributed by atoms with van der Waals surface area (Å²) in [6.07, 6.45) is 4.61. The highest BCUT2D eigenvalue weighted by molar-refractivity contribution is 5.50. The molecule has 0 saturated carbocycles. The van der Waals surface area contributed by atoms with E-state index in [9.17, 15) is 0 Å². The minimum atomic E-state index is 0.935. The number of aryl methyl sites for hydroxylation is 1. The van der Waals surface area contributed by atoms with E-state index in [1.807, 2.05) is 0 Å². The molecule has 0 amide bonds. The Morgan fingerprint density at radius 1 is 1.21 bits per heavy atom. The van der Waals surface area contributed by atoms with Crippen molar-refractivity contribution >= 4 is 5.82 Å². The second kappa shape index (κ2) is 5.47. The fraction of sp³-hybridized carbons (Fsp3) is 0.438. The van der Waals surface area contributed by atoms with E-state index in [0.717, 1.165) is 25.9 Å². The average molecular weight is 255 g/mol. The molecule has 1 aliphatic rings. The standard InChI is InChI=1S/C16H21N3/c1-2-19-16-14(10-6-7-11-17-16)15(18-19)12-13-8-4-3-5-9-13/h3-5,8-9,17H,2,6-7,10-12H2,1H3. The third-order valence-electron chi connectivity index (χ3n) is 3.79. The molecule has 0 spiro atoms. The van der Waals surface area contributed by atoms with Crippen molar-refractivity contribution < 1.29 is 0 Å².